The Hall–Kier alpha value is -1.60. The van der Waals surface area contributed by atoms with Crippen molar-refractivity contribution in [2.45, 2.75) is 13.0 Å². The standard InChI is InChI=1S/C10H12FN3/c1-7(5-12)14-9-2-3-10(11)8(4-9)6-13/h2-4,7,14H,5,12H2,1H3. The first-order chi connectivity index (χ1) is 6.67. The molecule has 74 valence electrons. The molecule has 0 aliphatic carbocycles. The minimum Gasteiger partial charge on any atom is -0.381 e. The number of hydrogen-bond acceptors (Lipinski definition) is 3. The zero-order chi connectivity index (χ0) is 10.6. The minimum atomic E-state index is -0.501. The lowest BCUT2D eigenvalue weighted by atomic mass is 10.2. The SMILES string of the molecule is CC(CN)Nc1ccc(F)c(C#N)c1. The third-order valence-corrected chi connectivity index (χ3v) is 1.85. The van der Waals surface area contributed by atoms with Gasteiger partial charge in [0.2, 0.25) is 0 Å². The molecule has 0 aliphatic heterocycles. The van der Waals surface area contributed by atoms with Gasteiger partial charge in [-0.15, -0.1) is 0 Å². The summed E-state index contributed by atoms with van der Waals surface area (Å²) in [6.45, 7) is 2.40. The van der Waals surface area contributed by atoms with Crippen molar-refractivity contribution >= 4 is 5.69 Å². The number of hydrogen-bond donors (Lipinski definition) is 2. The maximum atomic E-state index is 12.9. The monoisotopic (exact) mass is 193 g/mol. The molecule has 1 rings (SSSR count). The van der Waals surface area contributed by atoms with E-state index in [2.05, 4.69) is 5.32 Å². The number of benzene rings is 1. The maximum Gasteiger partial charge on any atom is 0.141 e. The molecule has 0 aromatic heterocycles. The van der Waals surface area contributed by atoms with Gasteiger partial charge >= 0.3 is 0 Å². The van der Waals surface area contributed by atoms with Gasteiger partial charge in [0.15, 0.2) is 0 Å². The molecule has 0 fully saturated rings. The van der Waals surface area contributed by atoms with Crippen LogP contribution in [0.15, 0.2) is 18.2 Å². The second-order valence-electron chi connectivity index (χ2n) is 3.09. The molecule has 1 aromatic rings. The lowest BCUT2D eigenvalue weighted by Crippen LogP contribution is -2.25. The van der Waals surface area contributed by atoms with Crippen molar-refractivity contribution in [2.24, 2.45) is 5.73 Å². The van der Waals surface area contributed by atoms with Crippen molar-refractivity contribution in [1.82, 2.24) is 0 Å². The first-order valence-corrected chi connectivity index (χ1v) is 4.33. The van der Waals surface area contributed by atoms with Gasteiger partial charge in [-0.3, -0.25) is 0 Å². The van der Waals surface area contributed by atoms with Gasteiger partial charge in [-0.2, -0.15) is 5.26 Å². The largest absolute Gasteiger partial charge is 0.381 e. The Bertz CT molecular complexity index is 357. The van der Waals surface area contributed by atoms with E-state index in [9.17, 15) is 4.39 Å². The van der Waals surface area contributed by atoms with Crippen LogP contribution in [0.25, 0.3) is 0 Å². The van der Waals surface area contributed by atoms with Crippen molar-refractivity contribution in [3.05, 3.63) is 29.6 Å². The molecule has 0 saturated carbocycles. The molecule has 0 spiro atoms. The molecule has 0 amide bonds. The van der Waals surface area contributed by atoms with Crippen molar-refractivity contribution in [3.63, 3.8) is 0 Å². The van der Waals surface area contributed by atoms with E-state index >= 15 is 0 Å². The molecule has 1 atom stereocenters. The summed E-state index contributed by atoms with van der Waals surface area (Å²) >= 11 is 0. The number of nitriles is 1. The molecular formula is C10H12FN3. The maximum absolute atomic E-state index is 12.9. The van der Waals surface area contributed by atoms with Crippen LogP contribution in [0.4, 0.5) is 10.1 Å². The van der Waals surface area contributed by atoms with Crippen molar-refractivity contribution in [2.75, 3.05) is 11.9 Å². The molecule has 14 heavy (non-hydrogen) atoms. The van der Waals surface area contributed by atoms with E-state index in [-0.39, 0.29) is 11.6 Å². The average molecular weight is 193 g/mol. The van der Waals surface area contributed by atoms with Crippen molar-refractivity contribution in [3.8, 4) is 6.07 Å². The predicted octanol–water partition coefficient (Wildman–Crippen LogP) is 1.46. The Balaban J connectivity index is 2.86. The molecule has 0 saturated heterocycles. The molecule has 0 radical (unpaired) electrons. The van der Waals surface area contributed by atoms with Gasteiger partial charge in [0.1, 0.15) is 11.9 Å². The van der Waals surface area contributed by atoms with Gasteiger partial charge in [0.05, 0.1) is 5.56 Å². The molecule has 4 heteroatoms. The van der Waals surface area contributed by atoms with E-state index in [1.807, 2.05) is 6.92 Å². The highest BCUT2D eigenvalue weighted by molar-refractivity contribution is 5.50. The van der Waals surface area contributed by atoms with Crippen LogP contribution in [0.1, 0.15) is 12.5 Å². The lowest BCUT2D eigenvalue weighted by molar-refractivity contribution is 0.624. The quantitative estimate of drug-likeness (QED) is 0.763. The van der Waals surface area contributed by atoms with Crippen LogP contribution in [0.5, 0.6) is 0 Å². The van der Waals surface area contributed by atoms with E-state index in [0.29, 0.717) is 12.2 Å². The van der Waals surface area contributed by atoms with E-state index < -0.39 is 5.82 Å². The molecular weight excluding hydrogens is 181 g/mol. The highest BCUT2D eigenvalue weighted by Crippen LogP contribution is 2.14. The number of nitrogens with two attached hydrogens (primary N) is 1. The fourth-order valence-electron chi connectivity index (χ4n) is 1.04. The van der Waals surface area contributed by atoms with Crippen LogP contribution in [0, 0.1) is 17.1 Å². The molecule has 1 unspecified atom stereocenters. The molecule has 3 N–H and O–H groups in total. The van der Waals surface area contributed by atoms with E-state index in [1.54, 1.807) is 12.1 Å². The van der Waals surface area contributed by atoms with Crippen LogP contribution in [-0.2, 0) is 0 Å². The fraction of sp³-hybridized carbons (Fsp3) is 0.300. The Kier molecular flexibility index (Phi) is 3.43. The highest BCUT2D eigenvalue weighted by Gasteiger charge is 2.04. The van der Waals surface area contributed by atoms with E-state index in [4.69, 9.17) is 11.0 Å². The second kappa shape index (κ2) is 4.58. The topological polar surface area (TPSA) is 61.8 Å². The number of nitrogens with zero attached hydrogens (tertiary/aromatic N) is 1. The molecule has 0 heterocycles. The zero-order valence-electron chi connectivity index (χ0n) is 7.92. The predicted molar refractivity (Wildman–Crippen MR) is 53.3 cm³/mol. The summed E-state index contributed by atoms with van der Waals surface area (Å²) in [5, 5.41) is 11.6. The Morgan fingerprint density at radius 1 is 1.64 bits per heavy atom. The minimum absolute atomic E-state index is 0.0409. The van der Waals surface area contributed by atoms with Gasteiger partial charge in [-0.1, -0.05) is 0 Å². The normalized spacial score (nSPS) is 11.9. The third-order valence-electron chi connectivity index (χ3n) is 1.85. The Labute approximate surface area is 82.3 Å². The summed E-state index contributed by atoms with van der Waals surface area (Å²) in [5.41, 5.74) is 6.17. The third kappa shape index (κ3) is 2.44. The summed E-state index contributed by atoms with van der Waals surface area (Å²) in [4.78, 5) is 0. The average Bonchev–Trinajstić information content (AvgIpc) is 2.20. The van der Waals surface area contributed by atoms with Gasteiger partial charge in [-0.25, -0.2) is 4.39 Å². The lowest BCUT2D eigenvalue weighted by Gasteiger charge is -2.12. The number of rotatable bonds is 3. The molecule has 1 aromatic carbocycles. The van der Waals surface area contributed by atoms with Crippen LogP contribution in [-0.4, -0.2) is 12.6 Å². The van der Waals surface area contributed by atoms with Crippen LogP contribution in [0.3, 0.4) is 0 Å². The van der Waals surface area contributed by atoms with E-state index in [1.165, 1.54) is 12.1 Å². The van der Waals surface area contributed by atoms with Crippen LogP contribution < -0.4 is 11.1 Å². The molecule has 0 bridgehead atoms. The smallest absolute Gasteiger partial charge is 0.141 e. The highest BCUT2D eigenvalue weighted by atomic mass is 19.1. The Morgan fingerprint density at radius 2 is 2.36 bits per heavy atom. The number of anilines is 1. The van der Waals surface area contributed by atoms with Crippen molar-refractivity contribution in [1.29, 1.82) is 5.26 Å². The summed E-state index contributed by atoms with van der Waals surface area (Å²) < 4.78 is 12.9. The summed E-state index contributed by atoms with van der Waals surface area (Å²) in [7, 11) is 0. The Morgan fingerprint density at radius 3 is 2.93 bits per heavy atom. The van der Waals surface area contributed by atoms with E-state index in [0.717, 1.165) is 0 Å². The first-order valence-electron chi connectivity index (χ1n) is 4.33. The summed E-state index contributed by atoms with van der Waals surface area (Å²) in [5.74, 6) is -0.501. The first kappa shape index (κ1) is 10.5. The van der Waals surface area contributed by atoms with Crippen LogP contribution in [0.2, 0.25) is 0 Å². The summed E-state index contributed by atoms with van der Waals surface area (Å²) in [6, 6.07) is 6.21. The number of halogens is 1. The van der Waals surface area contributed by atoms with Gasteiger partial charge in [0.25, 0.3) is 0 Å². The fourth-order valence-corrected chi connectivity index (χ4v) is 1.04. The molecule has 3 nitrogen and oxygen atoms in total. The van der Waals surface area contributed by atoms with Gasteiger partial charge < -0.3 is 11.1 Å². The van der Waals surface area contributed by atoms with Gasteiger partial charge in [0, 0.05) is 18.3 Å². The second-order valence-corrected chi connectivity index (χ2v) is 3.09. The number of nitrogens with one attached hydrogen (secondary N) is 1. The van der Waals surface area contributed by atoms with Crippen LogP contribution >= 0.6 is 0 Å². The summed E-state index contributed by atoms with van der Waals surface area (Å²) in [6.07, 6.45) is 0. The zero-order valence-corrected chi connectivity index (χ0v) is 7.92. The molecule has 0 aliphatic rings. The van der Waals surface area contributed by atoms with Crippen molar-refractivity contribution < 1.29 is 4.39 Å². The van der Waals surface area contributed by atoms with Gasteiger partial charge in [-0.05, 0) is 25.1 Å².